The summed E-state index contributed by atoms with van der Waals surface area (Å²) in [7, 11) is 0. The van der Waals surface area contributed by atoms with Crippen LogP contribution in [-0.4, -0.2) is 64.4 Å². The van der Waals surface area contributed by atoms with E-state index in [0.29, 0.717) is 18.7 Å². The number of nitrogens with zero attached hydrogens (tertiary/aromatic N) is 4. The lowest BCUT2D eigenvalue weighted by Gasteiger charge is -2.34. The fraction of sp³-hybridized carbons (Fsp3) is 0.280. The molecule has 3 N–H and O–H groups in total. The van der Waals surface area contributed by atoms with Crippen molar-refractivity contribution in [2.45, 2.75) is 19.3 Å². The van der Waals surface area contributed by atoms with Crippen LogP contribution in [0.4, 0.5) is 19.0 Å². The molecule has 3 aromatic rings. The van der Waals surface area contributed by atoms with E-state index in [-0.39, 0.29) is 5.91 Å². The van der Waals surface area contributed by atoms with Gasteiger partial charge < -0.3 is 20.2 Å². The third-order valence-corrected chi connectivity index (χ3v) is 6.11. The number of nitrogens with one attached hydrogen (secondary N) is 2. The molecule has 0 radical (unpaired) electrons. The minimum atomic E-state index is -5.08. The zero-order valence-electron chi connectivity index (χ0n) is 19.5. The fourth-order valence-corrected chi connectivity index (χ4v) is 4.09. The smallest absolute Gasteiger partial charge is 0.475 e. The Morgan fingerprint density at radius 3 is 2.24 bits per heavy atom. The summed E-state index contributed by atoms with van der Waals surface area (Å²) in [6.07, 6.45) is -5.08. The Balaban J connectivity index is 0.000000405. The number of aromatic amines is 1. The number of H-pyrrole nitrogens is 1. The second kappa shape index (κ2) is 10.7. The molecular formula is C25H23F3N6O3. The zero-order valence-corrected chi connectivity index (χ0v) is 19.5. The average Bonchev–Trinajstić information content (AvgIpc) is 3.58. The highest BCUT2D eigenvalue weighted by Crippen LogP contribution is 2.24. The summed E-state index contributed by atoms with van der Waals surface area (Å²) in [6.45, 7) is 4.56. The molecule has 12 heteroatoms. The average molecular weight is 512 g/mol. The molecule has 9 nitrogen and oxygen atoms in total. The molecule has 192 valence electrons. The number of aromatic nitrogens is 2. The van der Waals surface area contributed by atoms with Gasteiger partial charge in [-0.2, -0.15) is 23.5 Å². The van der Waals surface area contributed by atoms with Crippen LogP contribution in [0.5, 0.6) is 0 Å². The van der Waals surface area contributed by atoms with Crippen molar-refractivity contribution < 1.29 is 27.9 Å². The number of piperazine rings is 1. The molecule has 1 aromatic heterocycles. The standard InChI is InChI=1S/C23H22N6O.C2HF3O2/c24-13-16-1-3-17(4-2-16)21-12-22(27-26-21)28-7-9-29(10-8-28)23(30)18-5-6-19-14-25-15-20(19)11-18;3-2(4,5)1(6)7/h1-6,11-12,25H,7-10,14-15H2,(H,26,27);(H,6,7). The molecule has 0 aliphatic carbocycles. The van der Waals surface area contributed by atoms with Crippen LogP contribution in [0.3, 0.4) is 0 Å². The van der Waals surface area contributed by atoms with Crippen molar-refractivity contribution in [2.24, 2.45) is 0 Å². The maximum Gasteiger partial charge on any atom is 0.490 e. The fourth-order valence-electron chi connectivity index (χ4n) is 4.09. The SMILES string of the molecule is N#Cc1ccc(-c2cc(N3CCN(C(=O)c4ccc5c(c4)CNC5)CC3)n[nH]2)cc1.O=C(O)C(F)(F)F. The number of carboxylic acid groups (broad SMARTS) is 1. The number of carbonyl (C=O) groups excluding carboxylic acids is 1. The van der Waals surface area contributed by atoms with Crippen molar-refractivity contribution >= 4 is 17.7 Å². The Kier molecular flexibility index (Phi) is 7.45. The Bertz CT molecular complexity index is 1320. The highest BCUT2D eigenvalue weighted by molar-refractivity contribution is 5.94. The van der Waals surface area contributed by atoms with Crippen molar-refractivity contribution in [3.63, 3.8) is 0 Å². The van der Waals surface area contributed by atoms with E-state index in [1.165, 1.54) is 11.1 Å². The summed E-state index contributed by atoms with van der Waals surface area (Å²) in [5.41, 5.74) is 5.83. The number of rotatable bonds is 3. The van der Waals surface area contributed by atoms with Crippen LogP contribution in [0, 0.1) is 11.3 Å². The Hall–Kier alpha value is -4.37. The van der Waals surface area contributed by atoms with Crippen LogP contribution in [0.2, 0.25) is 0 Å². The number of fused-ring (bicyclic) bond motifs is 1. The van der Waals surface area contributed by atoms with Crippen LogP contribution in [0.15, 0.2) is 48.5 Å². The van der Waals surface area contributed by atoms with Gasteiger partial charge in [0.05, 0.1) is 17.3 Å². The highest BCUT2D eigenvalue weighted by atomic mass is 19.4. The minimum Gasteiger partial charge on any atom is -0.475 e. The lowest BCUT2D eigenvalue weighted by atomic mass is 10.1. The molecule has 3 heterocycles. The molecule has 1 saturated heterocycles. The molecule has 1 fully saturated rings. The molecule has 2 aromatic carbocycles. The van der Waals surface area contributed by atoms with Crippen LogP contribution >= 0.6 is 0 Å². The van der Waals surface area contributed by atoms with Gasteiger partial charge in [0.1, 0.15) is 0 Å². The summed E-state index contributed by atoms with van der Waals surface area (Å²) >= 11 is 0. The van der Waals surface area contributed by atoms with E-state index >= 15 is 0 Å². The van der Waals surface area contributed by atoms with Gasteiger partial charge in [-0.05, 0) is 41.0 Å². The molecule has 0 bridgehead atoms. The zero-order chi connectivity index (χ0) is 26.6. The van der Waals surface area contributed by atoms with E-state index in [2.05, 4.69) is 32.5 Å². The maximum atomic E-state index is 12.9. The van der Waals surface area contributed by atoms with Gasteiger partial charge in [-0.3, -0.25) is 9.89 Å². The first-order valence-corrected chi connectivity index (χ1v) is 11.4. The predicted octanol–water partition coefficient (Wildman–Crippen LogP) is 3.15. The maximum absolute atomic E-state index is 12.9. The summed E-state index contributed by atoms with van der Waals surface area (Å²) in [5, 5.41) is 26.9. The number of carbonyl (C=O) groups is 2. The van der Waals surface area contributed by atoms with E-state index in [9.17, 15) is 18.0 Å². The van der Waals surface area contributed by atoms with Gasteiger partial charge in [-0.15, -0.1) is 0 Å². The molecule has 0 atom stereocenters. The lowest BCUT2D eigenvalue weighted by Crippen LogP contribution is -2.49. The molecule has 2 aliphatic rings. The number of halogens is 3. The van der Waals surface area contributed by atoms with E-state index in [1.54, 1.807) is 12.1 Å². The van der Waals surface area contributed by atoms with Crippen molar-refractivity contribution in [3.05, 3.63) is 70.8 Å². The topological polar surface area (TPSA) is 125 Å². The molecule has 0 saturated carbocycles. The molecule has 2 aliphatic heterocycles. The van der Waals surface area contributed by atoms with Gasteiger partial charge in [-0.1, -0.05) is 18.2 Å². The summed E-state index contributed by atoms with van der Waals surface area (Å²) in [5.74, 6) is -1.78. The van der Waals surface area contributed by atoms with E-state index in [1.807, 2.05) is 35.2 Å². The largest absolute Gasteiger partial charge is 0.490 e. The number of alkyl halides is 3. The Morgan fingerprint density at radius 2 is 1.62 bits per heavy atom. The lowest BCUT2D eigenvalue weighted by molar-refractivity contribution is -0.192. The quantitative estimate of drug-likeness (QED) is 0.492. The minimum absolute atomic E-state index is 0.102. The molecular weight excluding hydrogens is 489 g/mol. The molecule has 0 unspecified atom stereocenters. The number of amides is 1. The predicted molar refractivity (Wildman–Crippen MR) is 128 cm³/mol. The second-order valence-corrected chi connectivity index (χ2v) is 8.50. The number of benzene rings is 2. The first-order chi connectivity index (χ1) is 17.7. The normalized spacial score (nSPS) is 14.9. The number of anilines is 1. The van der Waals surface area contributed by atoms with Crippen LogP contribution in [0.1, 0.15) is 27.0 Å². The number of hydrogen-bond donors (Lipinski definition) is 3. The number of nitriles is 1. The number of aliphatic carboxylic acids is 1. The van der Waals surface area contributed by atoms with Gasteiger partial charge in [0.25, 0.3) is 5.91 Å². The summed E-state index contributed by atoms with van der Waals surface area (Å²) in [6, 6.07) is 17.6. The van der Waals surface area contributed by atoms with Crippen LogP contribution in [0.25, 0.3) is 11.3 Å². The van der Waals surface area contributed by atoms with Crippen molar-refractivity contribution in [1.82, 2.24) is 20.4 Å². The molecule has 5 rings (SSSR count). The van der Waals surface area contributed by atoms with Crippen molar-refractivity contribution in [3.8, 4) is 17.3 Å². The third-order valence-electron chi connectivity index (χ3n) is 6.11. The van der Waals surface area contributed by atoms with Gasteiger partial charge in [0.15, 0.2) is 5.82 Å². The third kappa shape index (κ3) is 6.07. The van der Waals surface area contributed by atoms with E-state index < -0.39 is 12.1 Å². The van der Waals surface area contributed by atoms with Crippen LogP contribution in [-0.2, 0) is 17.9 Å². The van der Waals surface area contributed by atoms with Gasteiger partial charge in [0, 0.05) is 50.9 Å². The highest BCUT2D eigenvalue weighted by Gasteiger charge is 2.38. The monoisotopic (exact) mass is 512 g/mol. The molecule has 1 amide bonds. The van der Waals surface area contributed by atoms with Crippen LogP contribution < -0.4 is 10.2 Å². The van der Waals surface area contributed by atoms with Crippen molar-refractivity contribution in [2.75, 3.05) is 31.1 Å². The number of hydrogen-bond acceptors (Lipinski definition) is 6. The first-order valence-electron chi connectivity index (χ1n) is 11.4. The van der Waals surface area contributed by atoms with Gasteiger partial charge >= 0.3 is 12.1 Å². The summed E-state index contributed by atoms with van der Waals surface area (Å²) in [4.78, 5) is 25.9. The first kappa shape index (κ1) is 25.7. The van der Waals surface area contributed by atoms with Gasteiger partial charge in [0.2, 0.25) is 0 Å². The van der Waals surface area contributed by atoms with Gasteiger partial charge in [-0.25, -0.2) is 4.79 Å². The number of carboxylic acids is 1. The molecule has 37 heavy (non-hydrogen) atoms. The second-order valence-electron chi connectivity index (χ2n) is 8.50. The Labute approximate surface area is 210 Å². The van der Waals surface area contributed by atoms with E-state index in [0.717, 1.165) is 48.8 Å². The van der Waals surface area contributed by atoms with Crippen molar-refractivity contribution in [1.29, 1.82) is 5.26 Å². The summed E-state index contributed by atoms with van der Waals surface area (Å²) < 4.78 is 31.7. The van der Waals surface area contributed by atoms with E-state index in [4.69, 9.17) is 15.2 Å². The Morgan fingerprint density at radius 1 is 0.973 bits per heavy atom. The molecule has 0 spiro atoms.